The lowest BCUT2D eigenvalue weighted by Crippen LogP contribution is -2.22. The van der Waals surface area contributed by atoms with Crippen LogP contribution in [0.15, 0.2) is 48.7 Å². The standard InChI is InChI=1S/C27H23F6N3O5/c1-3-17-7-14(2)18(12-34-17)15-5-4-6-16(8-15)22(37)11-24(38)35-20-9-19(27(31,32)33)23(41-13-26(28,29)30)10-21(20)36-25(39)40/h4-10,12,36H,3,11,13H2,1-2H3,(H,35,38)(H,39,40). The van der Waals surface area contributed by atoms with E-state index in [4.69, 9.17) is 5.11 Å². The highest BCUT2D eigenvalue weighted by molar-refractivity contribution is 6.12. The summed E-state index contributed by atoms with van der Waals surface area (Å²) >= 11 is 0. The molecule has 8 nitrogen and oxygen atoms in total. The highest BCUT2D eigenvalue weighted by Crippen LogP contribution is 2.42. The first kappa shape index (κ1) is 30.9. The molecule has 0 unspecified atom stereocenters. The highest BCUT2D eigenvalue weighted by Gasteiger charge is 2.37. The number of ketones is 1. The molecular formula is C27H23F6N3O5. The molecule has 1 heterocycles. The maximum atomic E-state index is 13.6. The smallest absolute Gasteiger partial charge is 0.422 e. The number of alkyl halides is 6. The lowest BCUT2D eigenvalue weighted by Gasteiger charge is -2.19. The van der Waals surface area contributed by atoms with Crippen LogP contribution in [0.25, 0.3) is 11.1 Å². The minimum Gasteiger partial charge on any atom is -0.483 e. The summed E-state index contributed by atoms with van der Waals surface area (Å²) in [6.45, 7) is 1.74. The summed E-state index contributed by atoms with van der Waals surface area (Å²) in [4.78, 5) is 41.0. The van der Waals surface area contributed by atoms with Crippen LogP contribution in [0.1, 0.15) is 40.5 Å². The zero-order valence-electron chi connectivity index (χ0n) is 21.5. The fraction of sp³-hybridized carbons (Fsp3) is 0.259. The Hall–Kier alpha value is -4.62. The Labute approximate surface area is 229 Å². The normalized spacial score (nSPS) is 11.6. The van der Waals surface area contributed by atoms with Crippen molar-refractivity contribution < 1.29 is 50.6 Å². The predicted octanol–water partition coefficient (Wildman–Crippen LogP) is 6.88. The summed E-state index contributed by atoms with van der Waals surface area (Å²) < 4.78 is 82.7. The van der Waals surface area contributed by atoms with Gasteiger partial charge in [0, 0.05) is 29.1 Å². The second-order valence-corrected chi connectivity index (χ2v) is 8.80. The van der Waals surface area contributed by atoms with Gasteiger partial charge in [0.05, 0.1) is 23.4 Å². The Morgan fingerprint density at radius 2 is 1.66 bits per heavy atom. The second kappa shape index (κ2) is 12.3. The summed E-state index contributed by atoms with van der Waals surface area (Å²) in [6, 6.07) is 8.76. The van der Waals surface area contributed by atoms with E-state index < -0.39 is 65.9 Å². The van der Waals surface area contributed by atoms with E-state index in [1.54, 1.807) is 23.6 Å². The molecule has 0 aliphatic carbocycles. The second-order valence-electron chi connectivity index (χ2n) is 8.80. The van der Waals surface area contributed by atoms with Crippen molar-refractivity contribution in [3.63, 3.8) is 0 Å². The predicted molar refractivity (Wildman–Crippen MR) is 136 cm³/mol. The van der Waals surface area contributed by atoms with Gasteiger partial charge < -0.3 is 15.2 Å². The van der Waals surface area contributed by atoms with E-state index in [2.05, 4.69) is 9.72 Å². The monoisotopic (exact) mass is 583 g/mol. The van der Waals surface area contributed by atoms with Gasteiger partial charge in [-0.05, 0) is 42.7 Å². The number of hydrogen-bond acceptors (Lipinski definition) is 5. The zero-order chi connectivity index (χ0) is 30.5. The molecule has 0 saturated carbocycles. The summed E-state index contributed by atoms with van der Waals surface area (Å²) in [7, 11) is 0. The molecule has 41 heavy (non-hydrogen) atoms. The van der Waals surface area contributed by atoms with Crippen LogP contribution in [-0.2, 0) is 17.4 Å². The van der Waals surface area contributed by atoms with E-state index in [0.717, 1.165) is 23.2 Å². The van der Waals surface area contributed by atoms with Crippen molar-refractivity contribution in [2.75, 3.05) is 17.2 Å². The van der Waals surface area contributed by atoms with Gasteiger partial charge in [-0.25, -0.2) is 4.79 Å². The van der Waals surface area contributed by atoms with Crippen molar-refractivity contribution in [2.24, 2.45) is 0 Å². The summed E-state index contributed by atoms with van der Waals surface area (Å²) in [5.41, 5.74) is 0.130. The van der Waals surface area contributed by atoms with Gasteiger partial charge in [0.2, 0.25) is 5.91 Å². The first-order valence-corrected chi connectivity index (χ1v) is 11.9. The molecule has 2 aromatic carbocycles. The minimum atomic E-state index is -5.24. The van der Waals surface area contributed by atoms with Crippen molar-refractivity contribution in [2.45, 2.75) is 39.0 Å². The summed E-state index contributed by atoms with van der Waals surface area (Å²) in [5, 5.41) is 12.8. The number of carbonyl (C=O) groups excluding carboxylic acids is 2. The molecule has 218 valence electrons. The van der Waals surface area contributed by atoms with Crippen molar-refractivity contribution in [1.82, 2.24) is 4.98 Å². The average molecular weight is 583 g/mol. The third kappa shape index (κ3) is 8.43. The number of aromatic nitrogens is 1. The number of pyridine rings is 1. The number of nitrogens with zero attached hydrogens (tertiary/aromatic N) is 1. The van der Waals surface area contributed by atoms with Gasteiger partial charge in [0.15, 0.2) is 12.4 Å². The van der Waals surface area contributed by atoms with E-state index in [1.807, 2.05) is 25.2 Å². The fourth-order valence-electron chi connectivity index (χ4n) is 3.81. The van der Waals surface area contributed by atoms with Crippen LogP contribution in [0, 0.1) is 6.92 Å². The number of amides is 2. The molecule has 0 aliphatic rings. The van der Waals surface area contributed by atoms with Crippen LogP contribution in [0.2, 0.25) is 0 Å². The van der Waals surface area contributed by atoms with Crippen LogP contribution >= 0.6 is 0 Å². The molecule has 0 radical (unpaired) electrons. The number of anilines is 2. The van der Waals surface area contributed by atoms with Crippen LogP contribution < -0.4 is 15.4 Å². The third-order valence-electron chi connectivity index (χ3n) is 5.68. The Morgan fingerprint density at radius 3 is 2.24 bits per heavy atom. The molecule has 2 amide bonds. The van der Waals surface area contributed by atoms with Crippen molar-refractivity contribution in [3.8, 4) is 16.9 Å². The lowest BCUT2D eigenvalue weighted by atomic mass is 9.98. The summed E-state index contributed by atoms with van der Waals surface area (Å²) in [5.74, 6) is -3.12. The first-order valence-electron chi connectivity index (χ1n) is 11.9. The van der Waals surface area contributed by atoms with Crippen LogP contribution in [0.5, 0.6) is 5.75 Å². The maximum Gasteiger partial charge on any atom is 0.422 e. The van der Waals surface area contributed by atoms with Gasteiger partial charge in [-0.2, -0.15) is 26.3 Å². The number of halogens is 6. The Kier molecular flexibility index (Phi) is 9.25. The molecule has 3 N–H and O–H groups in total. The SMILES string of the molecule is CCc1cc(C)c(-c2cccc(C(=O)CC(=O)Nc3cc(C(F)(F)F)c(OCC(F)(F)F)cc3NC(=O)O)c2)cn1. The Bertz CT molecular complexity index is 1470. The zero-order valence-corrected chi connectivity index (χ0v) is 21.5. The van der Waals surface area contributed by atoms with Gasteiger partial charge in [-0.15, -0.1) is 0 Å². The fourth-order valence-corrected chi connectivity index (χ4v) is 3.81. The molecule has 3 aromatic rings. The topological polar surface area (TPSA) is 118 Å². The highest BCUT2D eigenvalue weighted by atomic mass is 19.4. The van der Waals surface area contributed by atoms with Crippen molar-refractivity contribution >= 4 is 29.2 Å². The average Bonchev–Trinajstić information content (AvgIpc) is 2.87. The quantitative estimate of drug-likeness (QED) is 0.144. The van der Waals surface area contributed by atoms with Crippen molar-refractivity contribution in [1.29, 1.82) is 0 Å². The van der Waals surface area contributed by atoms with Gasteiger partial charge in [0.1, 0.15) is 5.75 Å². The van der Waals surface area contributed by atoms with E-state index in [0.29, 0.717) is 11.6 Å². The van der Waals surface area contributed by atoms with Crippen molar-refractivity contribution in [3.05, 3.63) is 71.0 Å². The number of Topliss-reactive ketones (excluding diaryl/α,β-unsaturated/α-hetero) is 1. The van der Waals surface area contributed by atoms with E-state index in [9.17, 15) is 40.7 Å². The van der Waals surface area contributed by atoms with E-state index >= 15 is 0 Å². The van der Waals surface area contributed by atoms with Crippen LogP contribution in [0.3, 0.4) is 0 Å². The number of hydrogen-bond donors (Lipinski definition) is 3. The van der Waals surface area contributed by atoms with Crippen LogP contribution in [0.4, 0.5) is 42.5 Å². The van der Waals surface area contributed by atoms with Gasteiger partial charge in [-0.3, -0.25) is 19.9 Å². The third-order valence-corrected chi connectivity index (χ3v) is 5.68. The number of aryl methyl sites for hydroxylation is 2. The number of carbonyl (C=O) groups is 3. The first-order chi connectivity index (χ1) is 19.1. The number of carboxylic acid groups (broad SMARTS) is 1. The number of ether oxygens (including phenoxy) is 1. The molecule has 0 fully saturated rings. The molecule has 0 saturated heterocycles. The molecule has 0 aliphatic heterocycles. The molecule has 0 atom stereocenters. The number of nitrogens with one attached hydrogen (secondary N) is 2. The largest absolute Gasteiger partial charge is 0.483 e. The molecular weight excluding hydrogens is 560 g/mol. The number of benzene rings is 2. The van der Waals surface area contributed by atoms with E-state index in [-0.39, 0.29) is 11.6 Å². The van der Waals surface area contributed by atoms with E-state index in [1.165, 1.54) is 12.1 Å². The van der Waals surface area contributed by atoms with Gasteiger partial charge >= 0.3 is 18.4 Å². The Morgan fingerprint density at radius 1 is 0.976 bits per heavy atom. The van der Waals surface area contributed by atoms with Crippen LogP contribution in [-0.4, -0.2) is 40.7 Å². The summed E-state index contributed by atoms with van der Waals surface area (Å²) in [6.07, 6.45) is -10.5. The minimum absolute atomic E-state index is 0.118. The van der Waals surface area contributed by atoms with Gasteiger partial charge in [0.25, 0.3) is 0 Å². The molecule has 3 rings (SSSR count). The molecule has 0 bridgehead atoms. The molecule has 0 spiro atoms. The molecule has 1 aromatic heterocycles. The maximum absolute atomic E-state index is 13.6. The Balaban J connectivity index is 1.87. The van der Waals surface area contributed by atoms with Gasteiger partial charge in [-0.1, -0.05) is 25.1 Å². The lowest BCUT2D eigenvalue weighted by molar-refractivity contribution is -0.158. The number of rotatable bonds is 9. The molecule has 14 heteroatoms.